The van der Waals surface area contributed by atoms with Crippen LogP contribution < -0.4 is 4.74 Å². The van der Waals surface area contributed by atoms with Gasteiger partial charge in [0.15, 0.2) is 11.5 Å². The summed E-state index contributed by atoms with van der Waals surface area (Å²) in [4.78, 5) is 14.5. The van der Waals surface area contributed by atoms with Crippen molar-refractivity contribution in [2.24, 2.45) is 0 Å². The number of hydrogen-bond acceptors (Lipinski definition) is 4. The van der Waals surface area contributed by atoms with Crippen molar-refractivity contribution in [1.82, 2.24) is 4.90 Å². The van der Waals surface area contributed by atoms with Crippen LogP contribution in [0.3, 0.4) is 0 Å². The first-order chi connectivity index (χ1) is 11.6. The summed E-state index contributed by atoms with van der Waals surface area (Å²) in [6.45, 7) is 1.45. The predicted octanol–water partition coefficient (Wildman–Crippen LogP) is 3.27. The molecule has 1 heterocycles. The van der Waals surface area contributed by atoms with E-state index in [4.69, 9.17) is 21.1 Å². The van der Waals surface area contributed by atoms with Crippen molar-refractivity contribution in [2.45, 2.75) is 6.10 Å². The zero-order valence-corrected chi connectivity index (χ0v) is 14.0. The van der Waals surface area contributed by atoms with Gasteiger partial charge in [-0.2, -0.15) is 0 Å². The molecular weight excluding hydrogens is 330 g/mol. The van der Waals surface area contributed by atoms with Crippen LogP contribution in [0.5, 0.6) is 11.5 Å². The van der Waals surface area contributed by atoms with E-state index in [1.165, 1.54) is 13.2 Å². The second-order valence-corrected chi connectivity index (χ2v) is 5.99. The van der Waals surface area contributed by atoms with Crippen molar-refractivity contribution < 1.29 is 19.4 Å². The first-order valence-corrected chi connectivity index (χ1v) is 7.99. The van der Waals surface area contributed by atoms with E-state index in [0.717, 1.165) is 5.56 Å². The first-order valence-electron chi connectivity index (χ1n) is 7.62. The molecule has 1 saturated heterocycles. The summed E-state index contributed by atoms with van der Waals surface area (Å²) in [6.07, 6.45) is -0.182. The SMILES string of the molecule is COc1cc(C(=O)N2CCO[C@H](c3ccc(Cl)cc3)C2)ccc1O. The minimum Gasteiger partial charge on any atom is -0.504 e. The Morgan fingerprint density at radius 3 is 2.75 bits per heavy atom. The molecule has 1 fully saturated rings. The fourth-order valence-electron chi connectivity index (χ4n) is 2.71. The number of carbonyl (C=O) groups excluding carboxylic acids is 1. The Hall–Kier alpha value is -2.24. The van der Waals surface area contributed by atoms with Crippen LogP contribution in [0.1, 0.15) is 22.0 Å². The van der Waals surface area contributed by atoms with Crippen LogP contribution in [0, 0.1) is 0 Å². The number of methoxy groups -OCH3 is 1. The number of aromatic hydroxyl groups is 1. The van der Waals surface area contributed by atoms with Crippen LogP contribution in [0.4, 0.5) is 0 Å². The van der Waals surface area contributed by atoms with Gasteiger partial charge in [0.2, 0.25) is 0 Å². The third-order valence-corrected chi connectivity index (χ3v) is 4.27. The highest BCUT2D eigenvalue weighted by Gasteiger charge is 2.26. The Morgan fingerprint density at radius 2 is 2.04 bits per heavy atom. The molecule has 0 bridgehead atoms. The predicted molar refractivity (Wildman–Crippen MR) is 90.7 cm³/mol. The van der Waals surface area contributed by atoms with Gasteiger partial charge in [-0.05, 0) is 35.9 Å². The van der Waals surface area contributed by atoms with E-state index in [0.29, 0.717) is 30.3 Å². The van der Waals surface area contributed by atoms with Gasteiger partial charge in [-0.15, -0.1) is 0 Å². The largest absolute Gasteiger partial charge is 0.504 e. The summed E-state index contributed by atoms with van der Waals surface area (Å²) < 4.78 is 10.8. The molecule has 0 saturated carbocycles. The van der Waals surface area contributed by atoms with E-state index in [9.17, 15) is 9.90 Å². The van der Waals surface area contributed by atoms with E-state index < -0.39 is 0 Å². The Bertz CT molecular complexity index is 732. The molecule has 6 heteroatoms. The molecule has 5 nitrogen and oxygen atoms in total. The third-order valence-electron chi connectivity index (χ3n) is 4.02. The summed E-state index contributed by atoms with van der Waals surface area (Å²) in [5.74, 6) is 0.175. The molecule has 1 amide bonds. The molecule has 126 valence electrons. The zero-order valence-electron chi connectivity index (χ0n) is 13.2. The van der Waals surface area contributed by atoms with Crippen molar-refractivity contribution in [3.8, 4) is 11.5 Å². The summed E-state index contributed by atoms with van der Waals surface area (Å²) in [6, 6.07) is 12.0. The van der Waals surface area contributed by atoms with Gasteiger partial charge in [-0.1, -0.05) is 23.7 Å². The van der Waals surface area contributed by atoms with Gasteiger partial charge >= 0.3 is 0 Å². The summed E-state index contributed by atoms with van der Waals surface area (Å²) in [7, 11) is 1.45. The van der Waals surface area contributed by atoms with Gasteiger partial charge in [0.05, 0.1) is 20.3 Å². The second kappa shape index (κ2) is 7.11. The highest BCUT2D eigenvalue weighted by atomic mass is 35.5. The normalized spacial score (nSPS) is 17.6. The zero-order chi connectivity index (χ0) is 17.1. The lowest BCUT2D eigenvalue weighted by Crippen LogP contribution is -2.42. The number of amides is 1. The van der Waals surface area contributed by atoms with Gasteiger partial charge in [-0.3, -0.25) is 4.79 Å². The van der Waals surface area contributed by atoms with Gasteiger partial charge in [0.25, 0.3) is 5.91 Å². The number of rotatable bonds is 3. The van der Waals surface area contributed by atoms with E-state index >= 15 is 0 Å². The van der Waals surface area contributed by atoms with Crippen molar-refractivity contribution in [3.63, 3.8) is 0 Å². The molecule has 0 spiro atoms. The number of phenolic OH excluding ortho intramolecular Hbond substituents is 1. The van der Waals surface area contributed by atoms with Crippen LogP contribution in [0.2, 0.25) is 5.02 Å². The van der Waals surface area contributed by atoms with Crippen molar-refractivity contribution >= 4 is 17.5 Å². The maximum absolute atomic E-state index is 12.7. The van der Waals surface area contributed by atoms with Crippen LogP contribution in [-0.2, 0) is 4.74 Å². The third kappa shape index (κ3) is 3.47. The summed E-state index contributed by atoms with van der Waals surface area (Å²) in [5, 5.41) is 10.3. The number of morpholine rings is 1. The molecule has 0 radical (unpaired) electrons. The summed E-state index contributed by atoms with van der Waals surface area (Å²) >= 11 is 5.91. The molecule has 1 atom stereocenters. The van der Waals surface area contributed by atoms with Gasteiger partial charge in [0.1, 0.15) is 6.10 Å². The fourth-order valence-corrected chi connectivity index (χ4v) is 2.83. The number of phenols is 1. The Kier molecular flexibility index (Phi) is 4.92. The van der Waals surface area contributed by atoms with E-state index in [2.05, 4.69) is 0 Å². The lowest BCUT2D eigenvalue weighted by Gasteiger charge is -2.33. The topological polar surface area (TPSA) is 59.0 Å². The molecule has 0 unspecified atom stereocenters. The first kappa shape index (κ1) is 16.6. The lowest BCUT2D eigenvalue weighted by molar-refractivity contribution is -0.0228. The van der Waals surface area contributed by atoms with Crippen LogP contribution in [-0.4, -0.2) is 42.7 Å². The minimum absolute atomic E-state index is 0.00932. The van der Waals surface area contributed by atoms with Gasteiger partial charge in [0, 0.05) is 17.1 Å². The Balaban J connectivity index is 1.76. The monoisotopic (exact) mass is 347 g/mol. The summed E-state index contributed by atoms with van der Waals surface area (Å²) in [5.41, 5.74) is 1.46. The number of carbonyl (C=O) groups is 1. The minimum atomic E-state index is -0.182. The molecule has 0 aliphatic carbocycles. The molecule has 1 N–H and O–H groups in total. The fraction of sp³-hybridized carbons (Fsp3) is 0.278. The molecule has 24 heavy (non-hydrogen) atoms. The van der Waals surface area contributed by atoms with Gasteiger partial charge < -0.3 is 19.5 Å². The number of hydrogen-bond donors (Lipinski definition) is 1. The van der Waals surface area contributed by atoms with E-state index in [1.54, 1.807) is 17.0 Å². The van der Waals surface area contributed by atoms with Crippen molar-refractivity contribution in [2.75, 3.05) is 26.8 Å². The van der Waals surface area contributed by atoms with E-state index in [1.807, 2.05) is 24.3 Å². The van der Waals surface area contributed by atoms with Crippen molar-refractivity contribution in [1.29, 1.82) is 0 Å². The lowest BCUT2D eigenvalue weighted by atomic mass is 10.1. The number of ether oxygens (including phenoxy) is 2. The Labute approximate surface area is 145 Å². The number of benzene rings is 2. The molecule has 0 aromatic heterocycles. The van der Waals surface area contributed by atoms with Crippen molar-refractivity contribution in [3.05, 3.63) is 58.6 Å². The van der Waals surface area contributed by atoms with Crippen LogP contribution in [0.15, 0.2) is 42.5 Å². The Morgan fingerprint density at radius 1 is 1.29 bits per heavy atom. The smallest absolute Gasteiger partial charge is 0.254 e. The molecule has 1 aliphatic rings. The number of nitrogens with zero attached hydrogens (tertiary/aromatic N) is 1. The number of halogens is 1. The average Bonchev–Trinajstić information content (AvgIpc) is 2.62. The molecule has 3 rings (SSSR count). The van der Waals surface area contributed by atoms with E-state index in [-0.39, 0.29) is 23.5 Å². The quantitative estimate of drug-likeness (QED) is 0.925. The molecule has 2 aromatic rings. The molecule has 2 aromatic carbocycles. The van der Waals surface area contributed by atoms with Crippen LogP contribution in [0.25, 0.3) is 0 Å². The standard InChI is InChI=1S/C18H18ClNO4/c1-23-16-10-13(4-7-15(16)21)18(22)20-8-9-24-17(11-20)12-2-5-14(19)6-3-12/h2-7,10,17,21H,8-9,11H2,1H3/t17-/m0/s1. The maximum atomic E-state index is 12.7. The maximum Gasteiger partial charge on any atom is 0.254 e. The molecular formula is C18H18ClNO4. The highest BCUT2D eigenvalue weighted by Crippen LogP contribution is 2.28. The highest BCUT2D eigenvalue weighted by molar-refractivity contribution is 6.30. The van der Waals surface area contributed by atoms with Gasteiger partial charge in [-0.25, -0.2) is 0 Å². The average molecular weight is 348 g/mol. The second-order valence-electron chi connectivity index (χ2n) is 5.55. The van der Waals surface area contributed by atoms with Crippen LogP contribution >= 0.6 is 11.6 Å². The molecule has 1 aliphatic heterocycles.